The van der Waals surface area contributed by atoms with Crippen LogP contribution in [0.1, 0.15) is 0 Å². The van der Waals surface area contributed by atoms with Crippen LogP contribution >= 0.6 is 11.6 Å². The number of fused-ring (bicyclic) bond motifs is 1. The van der Waals surface area contributed by atoms with Crippen molar-refractivity contribution in [2.24, 2.45) is 0 Å². The van der Waals surface area contributed by atoms with Gasteiger partial charge in [0.2, 0.25) is 11.2 Å². The quantitative estimate of drug-likeness (QED) is 0.533. The normalized spacial score (nSPS) is 10.9. The molecule has 0 radical (unpaired) electrons. The predicted molar refractivity (Wildman–Crippen MR) is 94.3 cm³/mol. The molecule has 0 saturated carbocycles. The first kappa shape index (κ1) is 16.3. The van der Waals surface area contributed by atoms with Crippen LogP contribution in [-0.2, 0) is 0 Å². The number of halogens is 2. The Morgan fingerprint density at radius 2 is 1.92 bits per heavy atom. The number of hydrogen-bond acceptors (Lipinski definition) is 5. The Balaban J connectivity index is 1.79. The number of methoxy groups -OCH3 is 1. The predicted octanol–water partition coefficient (Wildman–Crippen LogP) is 4.38. The lowest BCUT2D eigenvalue weighted by atomic mass is 10.0. The highest BCUT2D eigenvalue weighted by molar-refractivity contribution is 6.28. The number of aromatic nitrogens is 4. The topological polar surface area (TPSA) is 61.5 Å². The summed E-state index contributed by atoms with van der Waals surface area (Å²) in [4.78, 5) is 0. The minimum Gasteiger partial charge on any atom is -0.497 e. The largest absolute Gasteiger partial charge is 0.497 e. The van der Waals surface area contributed by atoms with Crippen molar-refractivity contribution in [1.82, 2.24) is 19.8 Å². The lowest BCUT2D eigenvalue weighted by Crippen LogP contribution is -1.97. The van der Waals surface area contributed by atoms with Crippen LogP contribution in [-0.4, -0.2) is 26.9 Å². The molecule has 0 amide bonds. The fourth-order valence-corrected chi connectivity index (χ4v) is 2.68. The summed E-state index contributed by atoms with van der Waals surface area (Å²) in [6.45, 7) is 0. The highest BCUT2D eigenvalue weighted by atomic mass is 35.5. The Bertz CT molecular complexity index is 1100. The second-order valence-electron chi connectivity index (χ2n) is 5.39. The highest BCUT2D eigenvalue weighted by Gasteiger charge is 2.12. The molecule has 0 N–H and O–H groups in total. The molecule has 2 aromatic carbocycles. The summed E-state index contributed by atoms with van der Waals surface area (Å²) < 4.78 is 26.2. The highest BCUT2D eigenvalue weighted by Crippen LogP contribution is 2.36. The number of nitrogens with zero attached hydrogens (tertiary/aromatic N) is 4. The van der Waals surface area contributed by atoms with E-state index in [4.69, 9.17) is 21.1 Å². The van der Waals surface area contributed by atoms with Gasteiger partial charge in [0.15, 0.2) is 5.65 Å². The van der Waals surface area contributed by atoms with Gasteiger partial charge in [-0.15, -0.1) is 15.3 Å². The van der Waals surface area contributed by atoms with Crippen LogP contribution in [0.25, 0.3) is 16.8 Å². The van der Waals surface area contributed by atoms with E-state index in [-0.39, 0.29) is 17.0 Å². The first-order chi connectivity index (χ1) is 12.6. The van der Waals surface area contributed by atoms with Crippen LogP contribution < -0.4 is 9.47 Å². The second kappa shape index (κ2) is 6.61. The Hall–Kier alpha value is -3.19. The van der Waals surface area contributed by atoms with Crippen LogP contribution in [0.5, 0.6) is 17.4 Å². The Morgan fingerprint density at radius 3 is 2.73 bits per heavy atom. The Morgan fingerprint density at radius 1 is 1.04 bits per heavy atom. The number of benzene rings is 2. The lowest BCUT2D eigenvalue weighted by Gasteiger charge is -2.12. The van der Waals surface area contributed by atoms with Gasteiger partial charge in [0, 0.05) is 17.7 Å². The van der Waals surface area contributed by atoms with Crippen molar-refractivity contribution in [3.05, 3.63) is 65.7 Å². The monoisotopic (exact) mass is 370 g/mol. The summed E-state index contributed by atoms with van der Waals surface area (Å²) >= 11 is 5.95. The van der Waals surface area contributed by atoms with E-state index in [9.17, 15) is 4.39 Å². The van der Waals surface area contributed by atoms with Gasteiger partial charge in [-0.2, -0.15) is 4.52 Å². The zero-order chi connectivity index (χ0) is 18.1. The first-order valence-corrected chi connectivity index (χ1v) is 8.01. The van der Waals surface area contributed by atoms with Crippen LogP contribution in [0.15, 0.2) is 54.6 Å². The van der Waals surface area contributed by atoms with Crippen molar-refractivity contribution in [2.45, 2.75) is 0 Å². The van der Waals surface area contributed by atoms with Crippen LogP contribution in [0.3, 0.4) is 0 Å². The van der Waals surface area contributed by atoms with E-state index in [1.807, 2.05) is 0 Å². The molecule has 0 fully saturated rings. The van der Waals surface area contributed by atoms with E-state index in [0.717, 1.165) is 0 Å². The molecule has 0 saturated heterocycles. The molecule has 4 rings (SSSR count). The molecular formula is C18H12ClFN4O2. The van der Waals surface area contributed by atoms with Crippen molar-refractivity contribution in [3.8, 4) is 28.5 Å². The maximum absolute atomic E-state index is 13.6. The fraction of sp³-hybridized carbons (Fsp3) is 0.0556. The summed E-state index contributed by atoms with van der Waals surface area (Å²) in [6, 6.07) is 14.9. The van der Waals surface area contributed by atoms with Gasteiger partial charge in [0.25, 0.3) is 0 Å². The number of hydrogen-bond donors (Lipinski definition) is 0. The molecule has 2 aromatic heterocycles. The molecule has 0 atom stereocenters. The number of rotatable bonds is 4. The number of ether oxygens (including phenoxy) is 2. The maximum atomic E-state index is 13.6. The molecule has 0 aliphatic carbocycles. The summed E-state index contributed by atoms with van der Waals surface area (Å²) in [5.74, 6) is 1.01. The van der Waals surface area contributed by atoms with E-state index in [0.29, 0.717) is 28.3 Å². The lowest BCUT2D eigenvalue weighted by molar-refractivity contribution is 0.406. The van der Waals surface area contributed by atoms with Gasteiger partial charge in [0.1, 0.15) is 17.3 Å². The molecule has 6 nitrogen and oxygen atoms in total. The van der Waals surface area contributed by atoms with Gasteiger partial charge < -0.3 is 9.47 Å². The smallest absolute Gasteiger partial charge is 0.246 e. The summed E-state index contributed by atoms with van der Waals surface area (Å²) in [6.07, 6.45) is 0. The molecule has 130 valence electrons. The van der Waals surface area contributed by atoms with Crippen molar-refractivity contribution in [1.29, 1.82) is 0 Å². The van der Waals surface area contributed by atoms with E-state index in [2.05, 4.69) is 15.3 Å². The third-order valence-electron chi connectivity index (χ3n) is 3.74. The van der Waals surface area contributed by atoms with E-state index >= 15 is 0 Å². The fourth-order valence-electron chi connectivity index (χ4n) is 2.52. The first-order valence-electron chi connectivity index (χ1n) is 7.64. The average molecular weight is 371 g/mol. The molecule has 0 bridgehead atoms. The van der Waals surface area contributed by atoms with Crippen molar-refractivity contribution in [2.75, 3.05) is 7.11 Å². The van der Waals surface area contributed by atoms with Gasteiger partial charge in [-0.1, -0.05) is 12.1 Å². The van der Waals surface area contributed by atoms with Crippen LogP contribution in [0.4, 0.5) is 4.39 Å². The summed E-state index contributed by atoms with van der Waals surface area (Å²) in [5, 5.41) is 12.0. The van der Waals surface area contributed by atoms with Crippen molar-refractivity contribution in [3.63, 3.8) is 0 Å². The van der Waals surface area contributed by atoms with Gasteiger partial charge in [0.05, 0.1) is 7.11 Å². The van der Waals surface area contributed by atoms with Crippen LogP contribution in [0.2, 0.25) is 5.28 Å². The molecule has 2 heterocycles. The molecule has 8 heteroatoms. The van der Waals surface area contributed by atoms with Gasteiger partial charge >= 0.3 is 0 Å². The van der Waals surface area contributed by atoms with E-state index in [1.165, 1.54) is 16.6 Å². The standard InChI is InChI=1S/C18H12ClFN4O2/c1-25-13-5-6-14(11-3-2-4-12(20)9-11)15(10-13)26-17-8-7-16-21-22-18(19)24(16)23-17/h2-10H,1H3. The van der Waals surface area contributed by atoms with Crippen LogP contribution in [0, 0.1) is 5.82 Å². The molecule has 0 spiro atoms. The average Bonchev–Trinajstić information content (AvgIpc) is 3.02. The van der Waals surface area contributed by atoms with Crippen molar-refractivity contribution < 1.29 is 13.9 Å². The van der Waals surface area contributed by atoms with Gasteiger partial charge in [-0.05, 0) is 47.5 Å². The molecule has 0 unspecified atom stereocenters. The Labute approximate surface area is 152 Å². The molecule has 0 aliphatic heterocycles. The SMILES string of the molecule is COc1ccc(-c2cccc(F)c2)c(Oc2ccc3nnc(Cl)n3n2)c1. The molecular weight excluding hydrogens is 359 g/mol. The zero-order valence-corrected chi connectivity index (χ0v) is 14.3. The minimum absolute atomic E-state index is 0.126. The molecule has 26 heavy (non-hydrogen) atoms. The van der Waals surface area contributed by atoms with Crippen molar-refractivity contribution >= 4 is 17.2 Å². The van der Waals surface area contributed by atoms with E-state index in [1.54, 1.807) is 49.6 Å². The summed E-state index contributed by atoms with van der Waals surface area (Å²) in [7, 11) is 1.56. The van der Waals surface area contributed by atoms with Gasteiger partial charge in [-0.3, -0.25) is 0 Å². The maximum Gasteiger partial charge on any atom is 0.246 e. The molecule has 4 aromatic rings. The van der Waals surface area contributed by atoms with Gasteiger partial charge in [-0.25, -0.2) is 4.39 Å². The summed E-state index contributed by atoms with van der Waals surface area (Å²) in [5.41, 5.74) is 1.87. The second-order valence-corrected chi connectivity index (χ2v) is 5.72. The third kappa shape index (κ3) is 3.04. The zero-order valence-electron chi connectivity index (χ0n) is 13.6. The third-order valence-corrected chi connectivity index (χ3v) is 3.97. The Kier molecular flexibility index (Phi) is 4.14. The van der Waals surface area contributed by atoms with E-state index < -0.39 is 0 Å². The molecule has 0 aliphatic rings. The minimum atomic E-state index is -0.333.